The zero-order valence-corrected chi connectivity index (χ0v) is 15.1. The molecule has 0 saturated heterocycles. The molecule has 146 valence electrons. The lowest BCUT2D eigenvalue weighted by Gasteiger charge is -2.17. The minimum Gasteiger partial charge on any atom is -0.480 e. The van der Waals surface area contributed by atoms with Crippen LogP contribution in [0.2, 0.25) is 0 Å². The van der Waals surface area contributed by atoms with Crippen molar-refractivity contribution in [1.82, 2.24) is 10.6 Å². The number of urea groups is 1. The van der Waals surface area contributed by atoms with Gasteiger partial charge in [-0.1, -0.05) is 48.5 Å². The largest absolute Gasteiger partial charge is 0.480 e. The minimum absolute atomic E-state index is 0.0114. The summed E-state index contributed by atoms with van der Waals surface area (Å²) < 4.78 is 5.32. The van der Waals surface area contributed by atoms with E-state index in [1.165, 1.54) is 0 Å². The van der Waals surface area contributed by atoms with Crippen LogP contribution in [0.15, 0.2) is 48.5 Å². The molecule has 0 bridgehead atoms. The van der Waals surface area contributed by atoms with Crippen LogP contribution in [0.25, 0.3) is 11.1 Å². The summed E-state index contributed by atoms with van der Waals surface area (Å²) in [5.74, 6) is -1.34. The molecule has 0 aliphatic heterocycles. The number of nitrogens with two attached hydrogens (primary N) is 1. The Labute approximate surface area is 161 Å². The summed E-state index contributed by atoms with van der Waals surface area (Å²) in [5, 5.41) is 13.8. The van der Waals surface area contributed by atoms with Gasteiger partial charge in [0.05, 0.1) is 0 Å². The van der Waals surface area contributed by atoms with Gasteiger partial charge in [0.25, 0.3) is 0 Å². The molecule has 8 heteroatoms. The summed E-state index contributed by atoms with van der Waals surface area (Å²) in [6.07, 6.45) is -0.837. The Kier molecular flexibility index (Phi) is 5.78. The third-order valence-corrected chi connectivity index (χ3v) is 4.67. The van der Waals surface area contributed by atoms with Crippen molar-refractivity contribution in [2.45, 2.75) is 18.4 Å². The third kappa shape index (κ3) is 4.22. The van der Waals surface area contributed by atoms with Crippen molar-refractivity contribution in [3.05, 3.63) is 59.7 Å². The molecule has 0 aromatic heterocycles. The Morgan fingerprint density at radius 2 is 1.61 bits per heavy atom. The molecular weight excluding hydrogens is 362 g/mol. The quantitative estimate of drug-likeness (QED) is 0.581. The van der Waals surface area contributed by atoms with Crippen LogP contribution < -0.4 is 16.4 Å². The maximum atomic E-state index is 12.1. The summed E-state index contributed by atoms with van der Waals surface area (Å²) >= 11 is 0. The van der Waals surface area contributed by atoms with Crippen LogP contribution >= 0.6 is 0 Å². The maximum Gasteiger partial charge on any atom is 0.407 e. The van der Waals surface area contributed by atoms with Crippen LogP contribution in [0.5, 0.6) is 0 Å². The number of amides is 3. The number of hydrogen-bond acceptors (Lipinski definition) is 4. The number of carboxylic acid groups (broad SMARTS) is 1. The van der Waals surface area contributed by atoms with Gasteiger partial charge in [-0.05, 0) is 28.7 Å². The van der Waals surface area contributed by atoms with E-state index in [1.807, 2.05) is 48.5 Å². The summed E-state index contributed by atoms with van der Waals surface area (Å²) in [6.45, 7) is 0.113. The van der Waals surface area contributed by atoms with E-state index >= 15 is 0 Å². The summed E-state index contributed by atoms with van der Waals surface area (Å²) in [6, 6.07) is 13.9. The molecule has 0 spiro atoms. The Hall–Kier alpha value is -3.55. The predicted octanol–water partition coefficient (Wildman–Crippen LogP) is 2.04. The SMILES string of the molecule is NC(=O)NCC[C@H](NC(=O)OCC1c2ccccc2-c2ccccc21)C(=O)O. The van der Waals surface area contributed by atoms with E-state index in [-0.39, 0.29) is 25.5 Å². The van der Waals surface area contributed by atoms with Crippen LogP contribution in [-0.4, -0.2) is 42.4 Å². The zero-order valence-electron chi connectivity index (χ0n) is 15.1. The van der Waals surface area contributed by atoms with Crippen LogP contribution in [0.4, 0.5) is 9.59 Å². The molecule has 1 aliphatic carbocycles. The first-order chi connectivity index (χ1) is 13.5. The number of benzene rings is 2. The van der Waals surface area contributed by atoms with Crippen molar-refractivity contribution < 1.29 is 24.2 Å². The van der Waals surface area contributed by atoms with Crippen molar-refractivity contribution in [2.24, 2.45) is 5.73 Å². The highest BCUT2D eigenvalue weighted by atomic mass is 16.5. The molecule has 0 saturated carbocycles. The van der Waals surface area contributed by atoms with Gasteiger partial charge in [-0.15, -0.1) is 0 Å². The number of alkyl carbamates (subject to hydrolysis) is 1. The van der Waals surface area contributed by atoms with Crippen molar-refractivity contribution in [2.75, 3.05) is 13.2 Å². The lowest BCUT2D eigenvalue weighted by molar-refractivity contribution is -0.139. The number of carbonyl (C=O) groups excluding carboxylic acids is 2. The fourth-order valence-corrected chi connectivity index (χ4v) is 3.38. The smallest absolute Gasteiger partial charge is 0.407 e. The van der Waals surface area contributed by atoms with Gasteiger partial charge in [0.2, 0.25) is 0 Å². The van der Waals surface area contributed by atoms with Crippen molar-refractivity contribution in [3.8, 4) is 11.1 Å². The maximum absolute atomic E-state index is 12.1. The normalized spacial score (nSPS) is 13.1. The van der Waals surface area contributed by atoms with Crippen LogP contribution in [0, 0.1) is 0 Å². The van der Waals surface area contributed by atoms with Gasteiger partial charge in [-0.2, -0.15) is 0 Å². The topological polar surface area (TPSA) is 131 Å². The second-order valence-electron chi connectivity index (χ2n) is 6.44. The molecule has 0 radical (unpaired) electrons. The number of aliphatic carboxylic acids is 1. The molecule has 2 aromatic carbocycles. The predicted molar refractivity (Wildman–Crippen MR) is 102 cm³/mol. The van der Waals surface area contributed by atoms with Crippen LogP contribution in [0.1, 0.15) is 23.5 Å². The van der Waals surface area contributed by atoms with Gasteiger partial charge >= 0.3 is 18.1 Å². The molecule has 1 atom stereocenters. The molecule has 8 nitrogen and oxygen atoms in total. The second-order valence-corrected chi connectivity index (χ2v) is 6.44. The molecule has 0 unspecified atom stereocenters. The van der Waals surface area contributed by atoms with E-state index < -0.39 is 24.1 Å². The molecular formula is C20H21N3O5. The lowest BCUT2D eigenvalue weighted by Crippen LogP contribution is -2.44. The van der Waals surface area contributed by atoms with Crippen LogP contribution in [0.3, 0.4) is 0 Å². The van der Waals surface area contributed by atoms with Gasteiger partial charge in [-0.3, -0.25) is 0 Å². The number of carboxylic acids is 1. The zero-order chi connectivity index (χ0) is 20.1. The number of primary amides is 1. The van der Waals surface area contributed by atoms with Gasteiger partial charge in [0.1, 0.15) is 12.6 Å². The Morgan fingerprint density at radius 1 is 1.04 bits per heavy atom. The van der Waals surface area contributed by atoms with Gasteiger partial charge in [0.15, 0.2) is 0 Å². The van der Waals surface area contributed by atoms with Crippen molar-refractivity contribution in [3.63, 3.8) is 0 Å². The summed E-state index contributed by atoms with van der Waals surface area (Å²) in [4.78, 5) is 34.1. The lowest BCUT2D eigenvalue weighted by atomic mass is 9.98. The van der Waals surface area contributed by atoms with E-state index in [9.17, 15) is 19.5 Å². The standard InChI is InChI=1S/C20H21N3O5/c21-19(26)22-10-9-17(18(24)25)23-20(27)28-11-16-14-7-3-1-5-12(14)13-6-2-4-8-15(13)16/h1-8,16-17H,9-11H2,(H,23,27)(H,24,25)(H3,21,22,26)/t17-/m0/s1. The minimum atomic E-state index is -1.22. The average Bonchev–Trinajstić information content (AvgIpc) is 2.99. The molecule has 0 heterocycles. The summed E-state index contributed by atoms with van der Waals surface area (Å²) in [7, 11) is 0. The van der Waals surface area contributed by atoms with Crippen molar-refractivity contribution >= 4 is 18.1 Å². The van der Waals surface area contributed by atoms with Gasteiger partial charge < -0.3 is 26.2 Å². The molecule has 3 amide bonds. The highest BCUT2D eigenvalue weighted by Crippen LogP contribution is 2.44. The first-order valence-electron chi connectivity index (χ1n) is 8.85. The Balaban J connectivity index is 1.62. The number of carbonyl (C=O) groups is 3. The average molecular weight is 383 g/mol. The number of fused-ring (bicyclic) bond motifs is 3. The van der Waals surface area contributed by atoms with E-state index in [2.05, 4.69) is 10.6 Å². The molecule has 28 heavy (non-hydrogen) atoms. The highest BCUT2D eigenvalue weighted by Gasteiger charge is 2.29. The Morgan fingerprint density at radius 3 is 2.14 bits per heavy atom. The fraction of sp³-hybridized carbons (Fsp3) is 0.250. The van der Waals surface area contributed by atoms with Crippen LogP contribution in [-0.2, 0) is 9.53 Å². The molecule has 5 N–H and O–H groups in total. The first kappa shape index (κ1) is 19.2. The number of hydrogen-bond donors (Lipinski definition) is 4. The van der Waals surface area contributed by atoms with Gasteiger partial charge in [-0.25, -0.2) is 14.4 Å². The van der Waals surface area contributed by atoms with E-state index in [0.29, 0.717) is 0 Å². The summed E-state index contributed by atoms with van der Waals surface area (Å²) in [5.41, 5.74) is 9.28. The van der Waals surface area contributed by atoms with Gasteiger partial charge in [0, 0.05) is 12.5 Å². The van der Waals surface area contributed by atoms with Crippen molar-refractivity contribution in [1.29, 1.82) is 0 Å². The highest BCUT2D eigenvalue weighted by molar-refractivity contribution is 5.81. The first-order valence-corrected chi connectivity index (χ1v) is 8.85. The Bertz CT molecular complexity index is 853. The second kappa shape index (κ2) is 8.43. The number of rotatable bonds is 7. The molecule has 0 fully saturated rings. The third-order valence-electron chi connectivity index (χ3n) is 4.67. The molecule has 3 rings (SSSR count). The number of nitrogens with one attached hydrogen (secondary N) is 2. The number of ether oxygens (including phenoxy) is 1. The monoisotopic (exact) mass is 383 g/mol. The van der Waals surface area contributed by atoms with E-state index in [0.717, 1.165) is 22.3 Å². The molecule has 1 aliphatic rings. The van der Waals surface area contributed by atoms with E-state index in [1.54, 1.807) is 0 Å². The fourth-order valence-electron chi connectivity index (χ4n) is 3.38. The molecule has 2 aromatic rings. The van der Waals surface area contributed by atoms with E-state index in [4.69, 9.17) is 10.5 Å².